The third kappa shape index (κ3) is 3.51. The molecule has 1 aromatic carbocycles. The van der Waals surface area contributed by atoms with Gasteiger partial charge in [-0.2, -0.15) is 4.31 Å². The lowest BCUT2D eigenvalue weighted by atomic mass is 10.1. The lowest BCUT2D eigenvalue weighted by Crippen LogP contribution is -2.40. The maximum atomic E-state index is 13.1. The lowest BCUT2D eigenvalue weighted by Gasteiger charge is -2.19. The molecule has 1 aliphatic heterocycles. The number of pyridine rings is 1. The van der Waals surface area contributed by atoms with Crippen molar-refractivity contribution in [1.29, 1.82) is 0 Å². The Kier molecular flexibility index (Phi) is 5.03. The summed E-state index contributed by atoms with van der Waals surface area (Å²) < 4.78 is 32.5. The standard InChI is InChI=1S/C17H21N3O4S/c1-12-8-18-9-13-4-3-5-15(17(12)13)25(22,23)20-7-6-14(10-20)19-16(21)11-24-2/h3-5,8-9,14H,6-7,10-11H2,1-2H3,(H,19,21)/t14-/m1/s1. The summed E-state index contributed by atoms with van der Waals surface area (Å²) in [7, 11) is -2.20. The third-order valence-corrected chi connectivity index (χ3v) is 6.25. The first-order chi connectivity index (χ1) is 11.9. The summed E-state index contributed by atoms with van der Waals surface area (Å²) in [6, 6.07) is 5.01. The number of carbonyl (C=O) groups excluding carboxylic acids is 1. The van der Waals surface area contributed by atoms with Crippen LogP contribution in [-0.4, -0.2) is 56.5 Å². The molecule has 1 aromatic heterocycles. The first-order valence-electron chi connectivity index (χ1n) is 8.05. The van der Waals surface area contributed by atoms with Crippen LogP contribution in [0, 0.1) is 6.92 Å². The first-order valence-corrected chi connectivity index (χ1v) is 9.49. The monoisotopic (exact) mass is 363 g/mol. The van der Waals surface area contributed by atoms with Crippen LogP contribution in [0.5, 0.6) is 0 Å². The van der Waals surface area contributed by atoms with Crippen molar-refractivity contribution < 1.29 is 17.9 Å². The molecule has 1 fully saturated rings. The molecule has 0 saturated carbocycles. The van der Waals surface area contributed by atoms with Gasteiger partial charge in [0, 0.05) is 49.4 Å². The van der Waals surface area contributed by atoms with Crippen molar-refractivity contribution in [2.45, 2.75) is 24.3 Å². The number of benzene rings is 1. The maximum Gasteiger partial charge on any atom is 0.246 e. The van der Waals surface area contributed by atoms with Crippen LogP contribution in [0.4, 0.5) is 0 Å². The van der Waals surface area contributed by atoms with Gasteiger partial charge in [-0.25, -0.2) is 8.42 Å². The molecule has 1 atom stereocenters. The second kappa shape index (κ2) is 7.07. The van der Waals surface area contributed by atoms with E-state index in [-0.39, 0.29) is 30.0 Å². The highest BCUT2D eigenvalue weighted by atomic mass is 32.2. The largest absolute Gasteiger partial charge is 0.375 e. The molecule has 0 bridgehead atoms. The first kappa shape index (κ1) is 17.8. The van der Waals surface area contributed by atoms with Crippen LogP contribution in [0.15, 0.2) is 35.5 Å². The van der Waals surface area contributed by atoms with Crippen molar-refractivity contribution in [3.63, 3.8) is 0 Å². The van der Waals surface area contributed by atoms with E-state index in [0.29, 0.717) is 18.4 Å². The van der Waals surface area contributed by atoms with Crippen LogP contribution in [-0.2, 0) is 19.6 Å². The molecule has 2 aromatic rings. The van der Waals surface area contributed by atoms with E-state index < -0.39 is 10.0 Å². The molecule has 25 heavy (non-hydrogen) atoms. The molecule has 8 heteroatoms. The fourth-order valence-electron chi connectivity index (χ4n) is 3.19. The molecule has 0 radical (unpaired) electrons. The predicted octanol–water partition coefficient (Wildman–Crippen LogP) is 1.07. The predicted molar refractivity (Wildman–Crippen MR) is 93.7 cm³/mol. The van der Waals surface area contributed by atoms with Crippen LogP contribution in [0.25, 0.3) is 10.8 Å². The minimum atomic E-state index is -3.65. The van der Waals surface area contributed by atoms with Gasteiger partial charge < -0.3 is 10.1 Å². The lowest BCUT2D eigenvalue weighted by molar-refractivity contribution is -0.125. The molecule has 3 rings (SSSR count). The number of rotatable bonds is 5. The summed E-state index contributed by atoms with van der Waals surface area (Å²) in [4.78, 5) is 16.0. The van der Waals surface area contributed by atoms with E-state index in [0.717, 1.165) is 10.9 Å². The van der Waals surface area contributed by atoms with Gasteiger partial charge in [0.15, 0.2) is 0 Å². The zero-order valence-corrected chi connectivity index (χ0v) is 15.0. The molecule has 0 spiro atoms. The fraction of sp³-hybridized carbons (Fsp3) is 0.412. The summed E-state index contributed by atoms with van der Waals surface area (Å²) in [5.74, 6) is -0.237. The maximum absolute atomic E-state index is 13.1. The number of aryl methyl sites for hydroxylation is 1. The Bertz CT molecular complexity index is 893. The van der Waals surface area contributed by atoms with Gasteiger partial charge in [0.2, 0.25) is 15.9 Å². The minimum Gasteiger partial charge on any atom is -0.375 e. The Balaban J connectivity index is 1.87. The Morgan fingerprint density at radius 3 is 2.96 bits per heavy atom. The molecule has 1 saturated heterocycles. The summed E-state index contributed by atoms with van der Waals surface area (Å²) in [5.41, 5.74) is 0.820. The number of nitrogens with one attached hydrogen (secondary N) is 1. The zero-order valence-electron chi connectivity index (χ0n) is 14.2. The van der Waals surface area contributed by atoms with E-state index in [9.17, 15) is 13.2 Å². The Morgan fingerprint density at radius 1 is 1.40 bits per heavy atom. The molecule has 2 heterocycles. The number of fused-ring (bicyclic) bond motifs is 1. The molecular formula is C17H21N3O4S. The van der Waals surface area contributed by atoms with E-state index in [1.54, 1.807) is 24.5 Å². The number of carbonyl (C=O) groups is 1. The molecule has 134 valence electrons. The van der Waals surface area contributed by atoms with Gasteiger partial charge in [-0.1, -0.05) is 12.1 Å². The van der Waals surface area contributed by atoms with Gasteiger partial charge >= 0.3 is 0 Å². The summed E-state index contributed by atoms with van der Waals surface area (Å²) >= 11 is 0. The highest BCUT2D eigenvalue weighted by molar-refractivity contribution is 7.89. The van der Waals surface area contributed by atoms with Gasteiger partial charge in [-0.15, -0.1) is 0 Å². The molecular weight excluding hydrogens is 342 g/mol. The second-order valence-corrected chi connectivity index (χ2v) is 8.07. The van der Waals surface area contributed by atoms with E-state index >= 15 is 0 Å². The van der Waals surface area contributed by atoms with Crippen molar-refractivity contribution in [3.8, 4) is 0 Å². The van der Waals surface area contributed by atoms with Gasteiger partial charge in [-0.05, 0) is 25.0 Å². The van der Waals surface area contributed by atoms with Crippen LogP contribution in [0.2, 0.25) is 0 Å². The van der Waals surface area contributed by atoms with E-state index in [1.807, 2.05) is 13.0 Å². The molecule has 1 aliphatic rings. The van der Waals surface area contributed by atoms with Gasteiger partial charge in [-0.3, -0.25) is 9.78 Å². The van der Waals surface area contributed by atoms with E-state index in [2.05, 4.69) is 10.3 Å². The summed E-state index contributed by atoms with van der Waals surface area (Å²) in [5, 5.41) is 4.30. The van der Waals surface area contributed by atoms with Crippen molar-refractivity contribution in [3.05, 3.63) is 36.2 Å². The second-order valence-electron chi connectivity index (χ2n) is 6.16. The molecule has 0 aliphatic carbocycles. The average Bonchev–Trinajstić information content (AvgIpc) is 3.04. The molecule has 1 N–H and O–H groups in total. The molecule has 7 nitrogen and oxygen atoms in total. The quantitative estimate of drug-likeness (QED) is 0.858. The van der Waals surface area contributed by atoms with Crippen molar-refractivity contribution in [2.24, 2.45) is 0 Å². The van der Waals surface area contributed by atoms with Gasteiger partial charge in [0.05, 0.1) is 4.90 Å². The van der Waals surface area contributed by atoms with Crippen molar-refractivity contribution in [2.75, 3.05) is 26.8 Å². The summed E-state index contributed by atoms with van der Waals surface area (Å²) in [6.45, 7) is 2.46. The fourth-order valence-corrected chi connectivity index (χ4v) is 4.98. The van der Waals surface area contributed by atoms with Crippen LogP contribution < -0.4 is 5.32 Å². The normalized spacial score (nSPS) is 18.6. The number of methoxy groups -OCH3 is 1. The van der Waals surface area contributed by atoms with Gasteiger partial charge in [0.1, 0.15) is 6.61 Å². The number of hydrogen-bond donors (Lipinski definition) is 1. The SMILES string of the molecule is COCC(=O)N[C@@H]1CCN(S(=O)(=O)c2cccc3cncc(C)c23)C1. The zero-order chi connectivity index (χ0) is 18.0. The highest BCUT2D eigenvalue weighted by Crippen LogP contribution is 2.29. The molecule has 1 amide bonds. The summed E-state index contributed by atoms with van der Waals surface area (Å²) in [6.07, 6.45) is 3.91. The number of amides is 1. The Morgan fingerprint density at radius 2 is 2.20 bits per heavy atom. The number of aromatic nitrogens is 1. The smallest absolute Gasteiger partial charge is 0.246 e. The Hall–Kier alpha value is -2.03. The highest BCUT2D eigenvalue weighted by Gasteiger charge is 2.34. The Labute approximate surface area is 147 Å². The topological polar surface area (TPSA) is 88.6 Å². The minimum absolute atomic E-state index is 0.0290. The average molecular weight is 363 g/mol. The number of hydrogen-bond acceptors (Lipinski definition) is 5. The van der Waals surface area contributed by atoms with E-state index in [4.69, 9.17) is 4.74 Å². The number of nitrogens with zero attached hydrogens (tertiary/aromatic N) is 2. The van der Waals surface area contributed by atoms with Crippen molar-refractivity contribution in [1.82, 2.24) is 14.6 Å². The van der Waals surface area contributed by atoms with Crippen LogP contribution >= 0.6 is 0 Å². The van der Waals surface area contributed by atoms with Crippen LogP contribution in [0.3, 0.4) is 0 Å². The number of sulfonamides is 1. The van der Waals surface area contributed by atoms with Crippen LogP contribution in [0.1, 0.15) is 12.0 Å². The third-order valence-electron chi connectivity index (χ3n) is 4.34. The van der Waals surface area contributed by atoms with E-state index in [1.165, 1.54) is 11.4 Å². The van der Waals surface area contributed by atoms with Crippen molar-refractivity contribution >= 4 is 26.7 Å². The molecule has 0 unspecified atom stereocenters. The number of ether oxygens (including phenoxy) is 1. The van der Waals surface area contributed by atoms with Gasteiger partial charge in [0.25, 0.3) is 0 Å².